The first-order valence-corrected chi connectivity index (χ1v) is 20.1. The average molecular weight is 890 g/mol. The van der Waals surface area contributed by atoms with Gasteiger partial charge in [0.05, 0.1) is 85.1 Å². The summed E-state index contributed by atoms with van der Waals surface area (Å²) in [6.07, 6.45) is 0. The van der Waals surface area contributed by atoms with Crippen molar-refractivity contribution in [1.82, 2.24) is 19.9 Å². The van der Waals surface area contributed by atoms with E-state index in [1.807, 2.05) is 121 Å². The zero-order valence-corrected chi connectivity index (χ0v) is 34.5. The van der Waals surface area contributed by atoms with Gasteiger partial charge in [-0.2, -0.15) is 0 Å². The van der Waals surface area contributed by atoms with E-state index in [1.165, 1.54) is 0 Å². The van der Waals surface area contributed by atoms with Crippen LogP contribution in [-0.2, 0) is 0 Å². The van der Waals surface area contributed by atoms with Crippen molar-refractivity contribution >= 4 is 135 Å². The number of fused-ring (bicyclic) bond motifs is 8. The zero-order chi connectivity index (χ0) is 38.8. The van der Waals surface area contributed by atoms with E-state index in [0.29, 0.717) is 67.1 Å². The summed E-state index contributed by atoms with van der Waals surface area (Å²) in [5.41, 5.74) is 8.33. The summed E-state index contributed by atoms with van der Waals surface area (Å²) < 4.78 is 0. The van der Waals surface area contributed by atoms with Gasteiger partial charge in [-0.25, -0.2) is 9.97 Å². The van der Waals surface area contributed by atoms with Crippen LogP contribution >= 0.6 is 92.8 Å². The Morgan fingerprint density at radius 2 is 0.482 bits per heavy atom. The summed E-state index contributed by atoms with van der Waals surface area (Å²) in [7, 11) is 0. The highest BCUT2D eigenvalue weighted by Gasteiger charge is 2.31. The molecule has 5 heterocycles. The Labute approximate surface area is 360 Å². The van der Waals surface area contributed by atoms with Gasteiger partial charge in [-0.3, -0.25) is 0 Å². The van der Waals surface area contributed by atoms with Crippen molar-refractivity contribution in [2.75, 3.05) is 0 Å². The van der Waals surface area contributed by atoms with Crippen LogP contribution in [0.3, 0.4) is 0 Å². The lowest BCUT2D eigenvalue weighted by Gasteiger charge is -2.07. The van der Waals surface area contributed by atoms with Crippen molar-refractivity contribution in [1.29, 1.82) is 0 Å². The number of H-pyrrole nitrogens is 2. The van der Waals surface area contributed by atoms with Crippen LogP contribution in [0.4, 0.5) is 0 Å². The first kappa shape index (κ1) is 37.4. The first-order valence-electron chi connectivity index (χ1n) is 17.0. The van der Waals surface area contributed by atoms with Crippen LogP contribution in [0.15, 0.2) is 121 Å². The number of nitrogens with one attached hydrogen (secondary N) is 2. The number of nitrogens with zero attached hydrogens (tertiary/aromatic N) is 2. The molecule has 0 amide bonds. The van der Waals surface area contributed by atoms with E-state index >= 15 is 0 Å². The molecule has 0 spiro atoms. The Balaban J connectivity index is 1.63. The number of aromatic amines is 2. The first-order chi connectivity index (χ1) is 27.2. The van der Waals surface area contributed by atoms with Crippen LogP contribution in [0.1, 0.15) is 22.8 Å². The van der Waals surface area contributed by atoms with Gasteiger partial charge in [-0.05, 0) is 22.3 Å². The highest BCUT2D eigenvalue weighted by atomic mass is 35.5. The van der Waals surface area contributed by atoms with Gasteiger partial charge in [0.25, 0.3) is 0 Å². The minimum absolute atomic E-state index is 0.191. The number of halogens is 8. The molecule has 0 radical (unpaired) electrons. The molecule has 8 bridgehead atoms. The smallest absolute Gasteiger partial charge is 0.0939 e. The van der Waals surface area contributed by atoms with Crippen LogP contribution < -0.4 is 0 Å². The van der Waals surface area contributed by atoms with E-state index in [2.05, 4.69) is 9.97 Å². The van der Waals surface area contributed by atoms with Crippen LogP contribution in [0.25, 0.3) is 86.7 Å². The predicted molar refractivity (Wildman–Crippen MR) is 240 cm³/mol. The van der Waals surface area contributed by atoms with Gasteiger partial charge in [0.1, 0.15) is 0 Å². The number of aromatic nitrogens is 4. The van der Waals surface area contributed by atoms with Gasteiger partial charge in [0, 0.05) is 22.3 Å². The van der Waals surface area contributed by atoms with Crippen molar-refractivity contribution in [3.05, 3.63) is 164 Å². The Morgan fingerprint density at radius 3 is 0.679 bits per heavy atom. The van der Waals surface area contributed by atoms with E-state index in [1.54, 1.807) is 0 Å². The second-order valence-corrected chi connectivity index (χ2v) is 15.9. The Morgan fingerprint density at radius 1 is 0.286 bits per heavy atom. The molecule has 2 N–H and O–H groups in total. The lowest BCUT2D eigenvalue weighted by molar-refractivity contribution is 1.30. The number of hydrogen-bond acceptors (Lipinski definition) is 2. The van der Waals surface area contributed by atoms with Gasteiger partial charge in [-0.1, -0.05) is 214 Å². The third-order valence-corrected chi connectivity index (χ3v) is 13.0. The van der Waals surface area contributed by atoms with Crippen LogP contribution in [0.5, 0.6) is 0 Å². The van der Waals surface area contributed by atoms with E-state index in [4.69, 9.17) is 103 Å². The van der Waals surface area contributed by atoms with E-state index in [9.17, 15) is 0 Å². The number of rotatable bonds is 4. The number of hydrogen-bond donors (Lipinski definition) is 2. The molecule has 3 aromatic heterocycles. The molecule has 12 heteroatoms. The normalized spacial score (nSPS) is 12.9. The molecule has 0 saturated heterocycles. The lowest BCUT2D eigenvalue weighted by atomic mass is 10.0. The van der Waals surface area contributed by atoms with Gasteiger partial charge in [0.2, 0.25) is 0 Å². The third kappa shape index (κ3) is 6.07. The van der Waals surface area contributed by atoms with Crippen LogP contribution in [0, 0.1) is 0 Å². The van der Waals surface area contributed by atoms with Gasteiger partial charge >= 0.3 is 0 Å². The summed E-state index contributed by atoms with van der Waals surface area (Å²) in [5.74, 6) is 0. The van der Waals surface area contributed by atoms with E-state index in [-0.39, 0.29) is 40.2 Å². The third-order valence-electron chi connectivity index (χ3n) is 9.62. The van der Waals surface area contributed by atoms with Crippen LogP contribution in [-0.4, -0.2) is 19.9 Å². The fourth-order valence-electron chi connectivity index (χ4n) is 7.11. The second-order valence-electron chi connectivity index (χ2n) is 12.8. The zero-order valence-electron chi connectivity index (χ0n) is 28.5. The van der Waals surface area contributed by atoms with Crippen LogP contribution in [0.2, 0.25) is 20.1 Å². The van der Waals surface area contributed by atoms with Crippen molar-refractivity contribution < 1.29 is 0 Å². The topological polar surface area (TPSA) is 57.4 Å². The monoisotopic (exact) mass is 886 g/mol. The molecule has 4 aromatic carbocycles. The Hall–Kier alpha value is -4.20. The molecule has 4 nitrogen and oxygen atoms in total. The summed E-state index contributed by atoms with van der Waals surface area (Å²) in [5, 5.41) is 1.64. The quantitative estimate of drug-likeness (QED) is 0.185. The molecule has 2 aliphatic heterocycles. The molecular weight excluding hydrogens is 868 g/mol. The molecule has 274 valence electrons. The Kier molecular flexibility index (Phi) is 9.98. The largest absolute Gasteiger partial charge is 0.352 e. The Bertz CT molecular complexity index is 2580. The van der Waals surface area contributed by atoms with Gasteiger partial charge in [-0.15, -0.1) is 0 Å². The van der Waals surface area contributed by atoms with Crippen molar-refractivity contribution in [3.8, 4) is 44.5 Å². The summed E-state index contributed by atoms with van der Waals surface area (Å²) >= 11 is 58.1. The molecule has 0 atom stereocenters. The molecule has 2 aliphatic rings. The highest BCUT2D eigenvalue weighted by molar-refractivity contribution is 6.67. The number of benzene rings is 4. The van der Waals surface area contributed by atoms with Crippen molar-refractivity contribution in [2.45, 2.75) is 0 Å². The molecule has 0 fully saturated rings. The molecular formula is C44H22Cl8N4. The minimum Gasteiger partial charge on any atom is -0.352 e. The molecule has 7 aromatic rings. The molecule has 0 aliphatic carbocycles. The highest BCUT2D eigenvalue weighted by Crippen LogP contribution is 2.52. The minimum atomic E-state index is 0.191. The fourth-order valence-corrected chi connectivity index (χ4v) is 8.96. The molecule has 9 rings (SSSR count). The molecule has 56 heavy (non-hydrogen) atoms. The van der Waals surface area contributed by atoms with E-state index in [0.717, 1.165) is 22.3 Å². The molecule has 0 unspecified atom stereocenters. The summed E-state index contributed by atoms with van der Waals surface area (Å²) in [4.78, 5) is 17.5. The summed E-state index contributed by atoms with van der Waals surface area (Å²) in [6, 6.07) is 38.3. The average Bonchev–Trinajstić information content (AvgIpc) is 3.89. The lowest BCUT2D eigenvalue weighted by Crippen LogP contribution is -1.91. The van der Waals surface area contributed by atoms with Gasteiger partial charge in [0.15, 0.2) is 0 Å². The van der Waals surface area contributed by atoms with Crippen molar-refractivity contribution in [2.24, 2.45) is 0 Å². The maximum Gasteiger partial charge on any atom is 0.0939 e. The standard InChI is InChI=1S/C44H22Cl8N4/c45-29-31(47)39-26(22-15-7-2-8-16-22)41-33(49)35(51)43(55-41)28(24-19-11-4-12-20-24)44-36(52)34(50)42(56-44)27(23-17-9-3-10-18-23)40-32(48)30(46)38(54-40)25(37(29)53-39)21-13-5-1-6-14-21/h1-20,53,56H. The maximum atomic E-state index is 7.27. The van der Waals surface area contributed by atoms with E-state index < -0.39 is 0 Å². The maximum absolute atomic E-state index is 7.27. The van der Waals surface area contributed by atoms with Gasteiger partial charge < -0.3 is 9.97 Å². The SMILES string of the molecule is ClC1=C(Cl)c2nc1c(-c1ccccc1)c1[nH]c(c(Cl)c1Cl)c(-c1ccccc1)c1nc(c(-c3ccccc3)c3[nH]c(c(Cl)c3Cl)c2-c2ccccc2)C(Cl)=C1Cl. The second kappa shape index (κ2) is 14.9. The van der Waals surface area contributed by atoms with Crippen molar-refractivity contribution in [3.63, 3.8) is 0 Å². The molecule has 0 saturated carbocycles. The summed E-state index contributed by atoms with van der Waals surface area (Å²) in [6.45, 7) is 0. The fraction of sp³-hybridized carbons (Fsp3) is 0. The predicted octanol–water partition coefficient (Wildman–Crippen LogP) is 16.2.